The zero-order valence-electron chi connectivity index (χ0n) is 8.36. The Hall–Kier alpha value is -1.67. The van der Waals surface area contributed by atoms with Crippen molar-refractivity contribution < 1.29 is 9.59 Å². The number of amides is 2. The molecule has 1 heterocycles. The van der Waals surface area contributed by atoms with Crippen molar-refractivity contribution in [2.75, 3.05) is 0 Å². The third kappa shape index (κ3) is 3.83. The van der Waals surface area contributed by atoms with Crippen LogP contribution in [-0.2, 0) is 16.1 Å². The maximum absolute atomic E-state index is 11.3. The highest BCUT2D eigenvalue weighted by molar-refractivity contribution is 7.07. The summed E-state index contributed by atoms with van der Waals surface area (Å²) >= 11 is 1.01. The molecule has 88 valence electrons. The Labute approximate surface area is 94.8 Å². The maximum atomic E-state index is 11.3. The molecule has 1 atom stereocenters. The van der Waals surface area contributed by atoms with Crippen molar-refractivity contribution in [3.63, 3.8) is 0 Å². The van der Waals surface area contributed by atoms with Crippen molar-refractivity contribution in [3.8, 4) is 0 Å². The van der Waals surface area contributed by atoms with E-state index < -0.39 is 17.9 Å². The van der Waals surface area contributed by atoms with Crippen LogP contribution in [-0.4, -0.2) is 22.8 Å². The van der Waals surface area contributed by atoms with Crippen LogP contribution in [0.5, 0.6) is 0 Å². The fourth-order valence-corrected chi connectivity index (χ4v) is 1.60. The first-order valence-corrected chi connectivity index (χ1v) is 5.35. The van der Waals surface area contributed by atoms with Gasteiger partial charge in [0.25, 0.3) is 0 Å². The van der Waals surface area contributed by atoms with Crippen LogP contribution < -0.4 is 21.7 Å². The second kappa shape index (κ2) is 5.42. The molecular formula is C8H12N4O3S. The molecule has 1 aromatic rings. The minimum atomic E-state index is -0.956. The Bertz CT molecular complexity index is 438. The minimum absolute atomic E-state index is 0.171. The molecule has 0 saturated heterocycles. The van der Waals surface area contributed by atoms with Crippen LogP contribution in [0.1, 0.15) is 12.1 Å². The lowest BCUT2D eigenvalue weighted by Crippen LogP contribution is -2.42. The van der Waals surface area contributed by atoms with E-state index in [1.54, 1.807) is 5.38 Å². The van der Waals surface area contributed by atoms with Crippen LogP contribution in [0.3, 0.4) is 0 Å². The minimum Gasteiger partial charge on any atom is -0.370 e. The van der Waals surface area contributed by atoms with Crippen molar-refractivity contribution in [1.82, 2.24) is 10.3 Å². The number of nitrogens with two attached hydrogens (primary N) is 2. The Morgan fingerprint density at radius 3 is 2.75 bits per heavy atom. The van der Waals surface area contributed by atoms with E-state index in [1.165, 1.54) is 0 Å². The molecule has 1 unspecified atom stereocenters. The molecule has 16 heavy (non-hydrogen) atoms. The number of aromatic nitrogens is 1. The number of carbonyl (C=O) groups is 2. The number of aromatic amines is 1. The van der Waals surface area contributed by atoms with Crippen molar-refractivity contribution >= 4 is 23.2 Å². The van der Waals surface area contributed by atoms with Crippen molar-refractivity contribution in [2.24, 2.45) is 11.5 Å². The normalized spacial score (nSPS) is 12.1. The van der Waals surface area contributed by atoms with Gasteiger partial charge in [-0.2, -0.15) is 0 Å². The van der Waals surface area contributed by atoms with Gasteiger partial charge in [-0.05, 0) is 0 Å². The van der Waals surface area contributed by atoms with E-state index in [0.29, 0.717) is 5.69 Å². The lowest BCUT2D eigenvalue weighted by molar-refractivity contribution is -0.126. The van der Waals surface area contributed by atoms with Gasteiger partial charge in [-0.15, -0.1) is 0 Å². The Kier molecular flexibility index (Phi) is 4.20. The fourth-order valence-electron chi connectivity index (χ4n) is 1.02. The molecule has 8 heteroatoms. The fraction of sp³-hybridized carbons (Fsp3) is 0.375. The van der Waals surface area contributed by atoms with E-state index >= 15 is 0 Å². The third-order valence-electron chi connectivity index (χ3n) is 1.78. The maximum Gasteiger partial charge on any atom is 0.304 e. The van der Waals surface area contributed by atoms with Crippen molar-refractivity contribution in [1.29, 1.82) is 0 Å². The van der Waals surface area contributed by atoms with Crippen LogP contribution >= 0.6 is 11.3 Å². The number of H-pyrrole nitrogens is 1. The van der Waals surface area contributed by atoms with Gasteiger partial charge in [0.15, 0.2) is 0 Å². The molecule has 1 aromatic heterocycles. The number of hydrogen-bond acceptors (Lipinski definition) is 5. The van der Waals surface area contributed by atoms with Gasteiger partial charge in [0.2, 0.25) is 11.8 Å². The Morgan fingerprint density at radius 1 is 1.56 bits per heavy atom. The number of primary amides is 1. The number of hydrogen-bond donors (Lipinski definition) is 4. The smallest absolute Gasteiger partial charge is 0.304 e. The monoisotopic (exact) mass is 244 g/mol. The predicted octanol–water partition coefficient (Wildman–Crippen LogP) is -1.74. The second-order valence-corrected chi connectivity index (χ2v) is 4.01. The van der Waals surface area contributed by atoms with Gasteiger partial charge in [0, 0.05) is 11.1 Å². The van der Waals surface area contributed by atoms with E-state index in [1.807, 2.05) is 0 Å². The molecule has 0 fully saturated rings. The van der Waals surface area contributed by atoms with Crippen molar-refractivity contribution in [2.45, 2.75) is 19.0 Å². The largest absolute Gasteiger partial charge is 0.370 e. The summed E-state index contributed by atoms with van der Waals surface area (Å²) in [4.78, 5) is 35.0. The highest BCUT2D eigenvalue weighted by Gasteiger charge is 2.15. The number of nitrogens with one attached hydrogen (secondary N) is 2. The molecule has 2 amide bonds. The Morgan fingerprint density at radius 2 is 2.25 bits per heavy atom. The zero-order chi connectivity index (χ0) is 12.1. The lowest BCUT2D eigenvalue weighted by Gasteiger charge is -2.09. The van der Waals surface area contributed by atoms with E-state index in [4.69, 9.17) is 11.5 Å². The quantitative estimate of drug-likeness (QED) is 0.489. The van der Waals surface area contributed by atoms with Gasteiger partial charge >= 0.3 is 4.87 Å². The summed E-state index contributed by atoms with van der Waals surface area (Å²) in [6.07, 6.45) is -0.202. The zero-order valence-corrected chi connectivity index (χ0v) is 9.17. The third-order valence-corrected chi connectivity index (χ3v) is 2.50. The first kappa shape index (κ1) is 12.4. The molecular weight excluding hydrogens is 232 g/mol. The van der Waals surface area contributed by atoms with E-state index in [-0.39, 0.29) is 17.8 Å². The second-order valence-electron chi connectivity index (χ2n) is 3.17. The van der Waals surface area contributed by atoms with Gasteiger partial charge in [-0.25, -0.2) is 0 Å². The Balaban J connectivity index is 2.40. The molecule has 0 bridgehead atoms. The van der Waals surface area contributed by atoms with Gasteiger partial charge in [0.05, 0.1) is 19.0 Å². The van der Waals surface area contributed by atoms with E-state index in [2.05, 4.69) is 10.3 Å². The molecule has 6 N–H and O–H groups in total. The number of thiazole rings is 1. The predicted molar refractivity (Wildman–Crippen MR) is 58.6 cm³/mol. The standard InChI is InChI=1S/C8H12N4O3S/c9-5(1-6(10)13)7(14)11-2-4-3-16-8(15)12-4/h3,5H,1-2,9H2,(H2,10,13)(H,11,14)(H,12,15). The summed E-state index contributed by atoms with van der Waals surface area (Å²) in [5.41, 5.74) is 10.9. The summed E-state index contributed by atoms with van der Waals surface area (Å²) in [6, 6.07) is -0.956. The van der Waals surface area contributed by atoms with E-state index in [9.17, 15) is 14.4 Å². The van der Waals surface area contributed by atoms with Crippen LogP contribution in [0.25, 0.3) is 0 Å². The summed E-state index contributed by atoms with van der Waals surface area (Å²) in [6.45, 7) is 0.171. The van der Waals surface area contributed by atoms with Crippen LogP contribution in [0.2, 0.25) is 0 Å². The summed E-state index contributed by atoms with van der Waals surface area (Å²) in [5, 5.41) is 4.08. The molecule has 0 aliphatic heterocycles. The average molecular weight is 244 g/mol. The highest BCUT2D eigenvalue weighted by Crippen LogP contribution is 1.95. The summed E-state index contributed by atoms with van der Waals surface area (Å²) < 4.78 is 0. The SMILES string of the molecule is NC(=O)CC(N)C(=O)NCc1csc(=O)[nH]1. The summed E-state index contributed by atoms with van der Waals surface area (Å²) in [5.74, 6) is -1.11. The first-order chi connectivity index (χ1) is 7.49. The van der Waals surface area contributed by atoms with Gasteiger partial charge in [-0.1, -0.05) is 11.3 Å². The summed E-state index contributed by atoms with van der Waals surface area (Å²) in [7, 11) is 0. The average Bonchev–Trinajstić information content (AvgIpc) is 2.59. The highest BCUT2D eigenvalue weighted by atomic mass is 32.1. The van der Waals surface area contributed by atoms with Gasteiger partial charge in [-0.3, -0.25) is 14.4 Å². The molecule has 0 saturated carbocycles. The first-order valence-electron chi connectivity index (χ1n) is 4.47. The molecule has 1 rings (SSSR count). The van der Waals surface area contributed by atoms with Crippen LogP contribution in [0.15, 0.2) is 10.2 Å². The number of carbonyl (C=O) groups excluding carboxylic acids is 2. The lowest BCUT2D eigenvalue weighted by atomic mass is 10.2. The van der Waals surface area contributed by atoms with Crippen LogP contribution in [0, 0.1) is 0 Å². The van der Waals surface area contributed by atoms with Crippen molar-refractivity contribution in [3.05, 3.63) is 20.7 Å². The van der Waals surface area contributed by atoms with Gasteiger partial charge in [0.1, 0.15) is 0 Å². The molecule has 7 nitrogen and oxygen atoms in total. The molecule has 0 aliphatic carbocycles. The van der Waals surface area contributed by atoms with Crippen LogP contribution in [0.4, 0.5) is 0 Å². The topological polar surface area (TPSA) is 131 Å². The van der Waals surface area contributed by atoms with E-state index in [0.717, 1.165) is 11.3 Å². The van der Waals surface area contributed by atoms with Gasteiger partial charge < -0.3 is 21.8 Å². The molecule has 0 aliphatic rings. The number of rotatable bonds is 5. The molecule has 0 aromatic carbocycles. The molecule has 0 radical (unpaired) electrons. The molecule has 0 spiro atoms.